The minimum absolute atomic E-state index is 0.171. The summed E-state index contributed by atoms with van der Waals surface area (Å²) in [5.41, 5.74) is -5.64. The van der Waals surface area contributed by atoms with Gasteiger partial charge in [0, 0.05) is 13.3 Å². The highest BCUT2D eigenvalue weighted by Gasteiger charge is 2.56. The number of aromatic nitrogens is 2. The zero-order chi connectivity index (χ0) is 22.1. The molecule has 1 amide bonds. The Bertz CT molecular complexity index is 901. The lowest BCUT2D eigenvalue weighted by atomic mass is 9.87. The first-order chi connectivity index (χ1) is 13.4. The minimum atomic E-state index is -2.82. The van der Waals surface area contributed by atoms with Crippen LogP contribution < -0.4 is 16.6 Å². The van der Waals surface area contributed by atoms with Crippen molar-refractivity contribution in [1.82, 2.24) is 14.9 Å². The predicted octanol–water partition coefficient (Wildman–Crippen LogP) is -4.22. The molecule has 0 radical (unpaired) electrons. The molecule has 1 saturated heterocycles. The van der Waals surface area contributed by atoms with E-state index in [2.05, 4.69) is 5.32 Å². The lowest BCUT2D eigenvalue weighted by molar-refractivity contribution is -0.256. The Balaban J connectivity index is 2.65. The van der Waals surface area contributed by atoms with Crippen LogP contribution in [0.3, 0.4) is 0 Å². The van der Waals surface area contributed by atoms with Crippen LogP contribution in [-0.2, 0) is 20.1 Å². The van der Waals surface area contributed by atoms with Crippen LogP contribution in [-0.4, -0.2) is 84.0 Å². The summed E-state index contributed by atoms with van der Waals surface area (Å²) in [6.45, 7) is 0.0662. The van der Waals surface area contributed by atoms with Gasteiger partial charge in [0.05, 0.1) is 24.9 Å². The zero-order valence-electron chi connectivity index (χ0n) is 15.0. The number of nitrogens with zero attached hydrogens (tertiary/aromatic N) is 1. The monoisotopic (exact) mass is 421 g/mol. The molecule has 2 heterocycles. The van der Waals surface area contributed by atoms with Crippen molar-refractivity contribution in [2.75, 3.05) is 6.61 Å². The van der Waals surface area contributed by atoms with Crippen molar-refractivity contribution in [2.45, 2.75) is 49.5 Å². The van der Waals surface area contributed by atoms with Crippen molar-refractivity contribution in [3.63, 3.8) is 0 Å². The number of H-pyrrole nitrogens is 1. The van der Waals surface area contributed by atoms with E-state index in [9.17, 15) is 44.0 Å². The fraction of sp³-hybridized carbons (Fsp3) is 0.600. The maximum Gasteiger partial charge on any atom is 0.358 e. The first kappa shape index (κ1) is 22.6. The van der Waals surface area contributed by atoms with Crippen molar-refractivity contribution < 1.29 is 44.2 Å². The number of carboxylic acids is 1. The molecule has 1 aliphatic rings. The van der Waals surface area contributed by atoms with E-state index < -0.39 is 78.2 Å². The molecule has 162 valence electrons. The van der Waals surface area contributed by atoms with E-state index in [0.717, 1.165) is 6.92 Å². The van der Waals surface area contributed by atoms with Gasteiger partial charge in [0.15, 0.2) is 0 Å². The Morgan fingerprint density at radius 1 is 1.45 bits per heavy atom. The predicted molar refractivity (Wildman–Crippen MR) is 89.1 cm³/mol. The quantitative estimate of drug-likeness (QED) is 0.235. The Morgan fingerprint density at radius 2 is 2.07 bits per heavy atom. The first-order valence-corrected chi connectivity index (χ1v) is 8.30. The summed E-state index contributed by atoms with van der Waals surface area (Å²) in [6, 6.07) is -1.46. The van der Waals surface area contributed by atoms with E-state index in [1.54, 1.807) is 4.98 Å². The summed E-state index contributed by atoms with van der Waals surface area (Å²) in [5.74, 6) is -4.13. The van der Waals surface area contributed by atoms with Gasteiger partial charge in [0.25, 0.3) is 11.3 Å². The number of halogens is 1. The minimum Gasteiger partial charge on any atom is -0.478 e. The summed E-state index contributed by atoms with van der Waals surface area (Å²) in [6.07, 6.45) is -8.19. The largest absolute Gasteiger partial charge is 0.478 e. The number of aliphatic hydroxyl groups excluding tert-OH is 4. The van der Waals surface area contributed by atoms with E-state index in [1.165, 1.54) is 0 Å². The van der Waals surface area contributed by atoms with Crippen molar-refractivity contribution >= 4 is 11.9 Å². The number of nitrogens with one attached hydrogen (secondary N) is 2. The first-order valence-electron chi connectivity index (χ1n) is 8.30. The number of amides is 1. The molecule has 0 saturated carbocycles. The number of carboxylic acid groups (broad SMARTS) is 1. The van der Waals surface area contributed by atoms with Crippen LogP contribution in [0.5, 0.6) is 0 Å². The number of aliphatic carboxylic acids is 1. The molecule has 0 bridgehead atoms. The molecule has 1 aromatic rings. The van der Waals surface area contributed by atoms with Gasteiger partial charge in [-0.15, -0.1) is 0 Å². The summed E-state index contributed by atoms with van der Waals surface area (Å²) >= 11 is 0. The molecule has 1 aromatic heterocycles. The molecule has 1 aliphatic heterocycles. The molecule has 2 rings (SSSR count). The fourth-order valence-electron chi connectivity index (χ4n) is 3.11. The molecule has 6 atom stereocenters. The second-order valence-electron chi connectivity index (χ2n) is 6.52. The second kappa shape index (κ2) is 8.38. The summed E-state index contributed by atoms with van der Waals surface area (Å²) in [7, 11) is 0. The molecule has 7 N–H and O–H groups in total. The van der Waals surface area contributed by atoms with Gasteiger partial charge in [0.1, 0.15) is 18.3 Å². The van der Waals surface area contributed by atoms with Crippen molar-refractivity contribution in [3.8, 4) is 0 Å². The molecular weight excluding hydrogens is 401 g/mol. The average Bonchev–Trinajstić information content (AvgIpc) is 2.64. The van der Waals surface area contributed by atoms with Gasteiger partial charge in [-0.25, -0.2) is 9.59 Å². The third kappa shape index (κ3) is 4.20. The third-order valence-corrected chi connectivity index (χ3v) is 4.50. The fourth-order valence-corrected chi connectivity index (χ4v) is 3.11. The molecule has 1 fully saturated rings. The van der Waals surface area contributed by atoms with Gasteiger partial charge in [-0.1, -0.05) is 0 Å². The normalized spacial score (nSPS) is 29.1. The van der Waals surface area contributed by atoms with Crippen LogP contribution in [0.2, 0.25) is 0 Å². The van der Waals surface area contributed by atoms with Gasteiger partial charge >= 0.3 is 11.7 Å². The molecule has 0 aromatic carbocycles. The highest BCUT2D eigenvalue weighted by atomic mass is 19.1. The van der Waals surface area contributed by atoms with Crippen molar-refractivity contribution in [2.24, 2.45) is 0 Å². The molecule has 13 nitrogen and oxygen atoms in total. The molecule has 0 spiro atoms. The van der Waals surface area contributed by atoms with Crippen molar-refractivity contribution in [3.05, 3.63) is 32.9 Å². The maximum absolute atomic E-state index is 13.7. The maximum atomic E-state index is 13.7. The van der Waals surface area contributed by atoms with Crippen LogP contribution in [0.1, 0.15) is 13.3 Å². The number of hydrogen-bond acceptors (Lipinski definition) is 9. The van der Waals surface area contributed by atoms with Crippen LogP contribution in [0.4, 0.5) is 4.39 Å². The summed E-state index contributed by atoms with van der Waals surface area (Å²) in [4.78, 5) is 48.4. The van der Waals surface area contributed by atoms with Crippen LogP contribution in [0.15, 0.2) is 15.8 Å². The van der Waals surface area contributed by atoms with Gasteiger partial charge in [-0.3, -0.25) is 19.1 Å². The van der Waals surface area contributed by atoms with Crippen LogP contribution in [0, 0.1) is 5.82 Å². The van der Waals surface area contributed by atoms with E-state index in [1.807, 2.05) is 0 Å². The number of carbonyl (C=O) groups excluding carboxylic acids is 1. The lowest BCUT2D eigenvalue weighted by Gasteiger charge is -2.47. The SMILES string of the molecule is CC(=O)N[C@H]1[C@H]([C@H](O)[C@H](O)CO)O[C@@](C(=O)O)(n2cc(F)c(=O)[nH]c2=O)C[C@@H]1O. The average molecular weight is 421 g/mol. The summed E-state index contributed by atoms with van der Waals surface area (Å²) < 4.78 is 19.3. The Hall–Kier alpha value is -2.65. The van der Waals surface area contributed by atoms with Gasteiger partial charge < -0.3 is 35.6 Å². The molecule has 29 heavy (non-hydrogen) atoms. The summed E-state index contributed by atoms with van der Waals surface area (Å²) in [5, 5.41) is 51.5. The van der Waals surface area contributed by atoms with E-state index in [4.69, 9.17) is 9.84 Å². The van der Waals surface area contributed by atoms with Crippen LogP contribution >= 0.6 is 0 Å². The standard InChI is InChI=1S/C15H20FN3O10/c1-5(21)17-9-7(22)2-15(13(26)27,29-11(9)10(24)8(23)4-20)19-3-6(16)12(25)18-14(19)28/h3,7-11,20,22-24H,2,4H2,1H3,(H,17,21)(H,26,27)(H,18,25,28)/t7-,8+,9+,10+,11+,15-/m0/s1. The number of ether oxygens (including phenoxy) is 1. The Morgan fingerprint density at radius 3 is 2.59 bits per heavy atom. The Labute approximate surface area is 161 Å². The van der Waals surface area contributed by atoms with Crippen LogP contribution in [0.25, 0.3) is 0 Å². The zero-order valence-corrected chi connectivity index (χ0v) is 15.0. The number of aromatic amines is 1. The highest BCUT2D eigenvalue weighted by molar-refractivity contribution is 5.76. The van der Waals surface area contributed by atoms with E-state index in [-0.39, 0.29) is 10.8 Å². The smallest absolute Gasteiger partial charge is 0.358 e. The third-order valence-electron chi connectivity index (χ3n) is 4.50. The second-order valence-corrected chi connectivity index (χ2v) is 6.52. The molecule has 14 heteroatoms. The lowest BCUT2D eigenvalue weighted by Crippen LogP contribution is -2.68. The number of carbonyl (C=O) groups is 2. The number of aliphatic hydroxyl groups is 4. The van der Waals surface area contributed by atoms with Gasteiger partial charge in [-0.2, -0.15) is 4.39 Å². The van der Waals surface area contributed by atoms with Gasteiger partial charge in [0.2, 0.25) is 11.7 Å². The van der Waals surface area contributed by atoms with Crippen molar-refractivity contribution in [1.29, 1.82) is 0 Å². The number of rotatable bonds is 6. The van der Waals surface area contributed by atoms with E-state index >= 15 is 0 Å². The topological polar surface area (TPSA) is 211 Å². The molecule has 0 unspecified atom stereocenters. The Kier molecular flexibility index (Phi) is 6.54. The molecule has 0 aliphatic carbocycles. The van der Waals surface area contributed by atoms with E-state index in [0.29, 0.717) is 0 Å². The van der Waals surface area contributed by atoms with Gasteiger partial charge in [-0.05, 0) is 0 Å². The number of hydrogen-bond donors (Lipinski definition) is 7. The molecular formula is C15H20FN3O10. The highest BCUT2D eigenvalue weighted by Crippen LogP contribution is 2.35.